The molecule has 0 bridgehead atoms. The van der Waals surface area contributed by atoms with Gasteiger partial charge in [0.25, 0.3) is 0 Å². The Bertz CT molecular complexity index is 882. The quantitative estimate of drug-likeness (QED) is 0.556. The van der Waals surface area contributed by atoms with Gasteiger partial charge in [0.1, 0.15) is 5.01 Å². The van der Waals surface area contributed by atoms with Gasteiger partial charge in [-0.2, -0.15) is 9.61 Å². The molecule has 0 unspecified atom stereocenters. The average molecular weight is 348 g/mol. The molecule has 0 atom stereocenters. The molecule has 4 aromatic heterocycles. The summed E-state index contributed by atoms with van der Waals surface area (Å²) in [4.78, 5) is 4.86. The van der Waals surface area contributed by atoms with Crippen LogP contribution in [-0.4, -0.2) is 24.8 Å². The van der Waals surface area contributed by atoms with E-state index in [1.807, 2.05) is 18.2 Å². The predicted molar refractivity (Wildman–Crippen MR) is 77.3 cm³/mol. The first kappa shape index (κ1) is 11.7. The molecule has 0 radical (unpaired) electrons. The van der Waals surface area contributed by atoms with Gasteiger partial charge in [0.15, 0.2) is 5.76 Å². The lowest BCUT2D eigenvalue weighted by Gasteiger charge is -1.95. The van der Waals surface area contributed by atoms with Crippen LogP contribution in [0, 0.1) is 0 Å². The predicted octanol–water partition coefficient (Wildman–Crippen LogP) is 3.27. The highest BCUT2D eigenvalue weighted by molar-refractivity contribution is 9.10. The van der Waals surface area contributed by atoms with Crippen LogP contribution in [0.3, 0.4) is 0 Å². The van der Waals surface area contributed by atoms with Crippen molar-refractivity contribution >= 4 is 32.2 Å². The summed E-state index contributed by atoms with van der Waals surface area (Å²) in [5.74, 6) is 1.23. The number of rotatable bonds is 2. The summed E-state index contributed by atoms with van der Waals surface area (Å²) in [6.07, 6.45) is 5.10. The van der Waals surface area contributed by atoms with Gasteiger partial charge in [-0.05, 0) is 34.1 Å². The van der Waals surface area contributed by atoms with Crippen molar-refractivity contribution in [3.05, 3.63) is 41.3 Å². The molecule has 0 saturated heterocycles. The van der Waals surface area contributed by atoms with Crippen molar-refractivity contribution in [1.29, 1.82) is 0 Å². The molecule has 0 spiro atoms. The molecule has 0 saturated carbocycles. The second-order valence-corrected chi connectivity index (χ2v) is 5.87. The number of hydrogen-bond donors (Lipinski definition) is 0. The molecular weight excluding hydrogens is 342 g/mol. The third kappa shape index (κ3) is 1.84. The zero-order chi connectivity index (χ0) is 13.5. The van der Waals surface area contributed by atoms with Crippen molar-refractivity contribution in [2.75, 3.05) is 0 Å². The van der Waals surface area contributed by atoms with Gasteiger partial charge in [-0.3, -0.25) is 4.98 Å². The van der Waals surface area contributed by atoms with Gasteiger partial charge in [-0.25, -0.2) is 0 Å². The van der Waals surface area contributed by atoms with Crippen molar-refractivity contribution in [2.45, 2.75) is 0 Å². The molecule has 8 heteroatoms. The van der Waals surface area contributed by atoms with Crippen LogP contribution in [0.15, 0.2) is 45.7 Å². The van der Waals surface area contributed by atoms with Crippen molar-refractivity contribution in [3.63, 3.8) is 0 Å². The maximum Gasteiger partial charge on any atom is 0.235 e. The first-order valence-corrected chi connectivity index (χ1v) is 7.29. The minimum Gasteiger partial charge on any atom is -0.461 e. The fourth-order valence-electron chi connectivity index (χ4n) is 1.82. The van der Waals surface area contributed by atoms with E-state index in [0.717, 1.165) is 15.0 Å². The summed E-state index contributed by atoms with van der Waals surface area (Å²) in [5, 5.41) is 13.6. The Kier molecular flexibility index (Phi) is 2.64. The van der Waals surface area contributed by atoms with E-state index in [9.17, 15) is 0 Å². The van der Waals surface area contributed by atoms with E-state index in [2.05, 4.69) is 36.2 Å². The van der Waals surface area contributed by atoms with E-state index >= 15 is 0 Å². The highest BCUT2D eigenvalue weighted by atomic mass is 79.9. The molecule has 20 heavy (non-hydrogen) atoms. The van der Waals surface area contributed by atoms with Crippen molar-refractivity contribution in [2.24, 2.45) is 0 Å². The minimum absolute atomic E-state index is 0.593. The Morgan fingerprint density at radius 3 is 3.00 bits per heavy atom. The first-order valence-electron chi connectivity index (χ1n) is 5.68. The number of fused-ring (bicyclic) bond motifs is 1. The van der Waals surface area contributed by atoms with Crippen LogP contribution in [0.5, 0.6) is 0 Å². The molecular formula is C12H6BrN5OS. The normalized spacial score (nSPS) is 11.2. The molecule has 4 rings (SSSR count). The maximum atomic E-state index is 5.34. The van der Waals surface area contributed by atoms with Crippen LogP contribution in [0.25, 0.3) is 27.1 Å². The summed E-state index contributed by atoms with van der Waals surface area (Å²) in [5.41, 5.74) is 0.931. The topological polar surface area (TPSA) is 69.1 Å². The minimum atomic E-state index is 0.593. The lowest BCUT2D eigenvalue weighted by atomic mass is 10.3. The third-order valence-corrected chi connectivity index (χ3v) is 4.07. The Morgan fingerprint density at radius 2 is 2.20 bits per heavy atom. The largest absolute Gasteiger partial charge is 0.461 e. The lowest BCUT2D eigenvalue weighted by Crippen LogP contribution is -1.89. The maximum absolute atomic E-state index is 5.34. The van der Waals surface area contributed by atoms with Gasteiger partial charge in [0.2, 0.25) is 10.8 Å². The zero-order valence-electron chi connectivity index (χ0n) is 9.89. The standard InChI is InChI=1S/C12H6BrN5OS/c13-8-4-7(5-14-6-8)11-17-18-10(9-2-1-3-19-9)15-16-12(18)20-11/h1-6H. The lowest BCUT2D eigenvalue weighted by molar-refractivity contribution is 0.575. The van der Waals surface area contributed by atoms with Crippen molar-refractivity contribution in [1.82, 2.24) is 24.8 Å². The summed E-state index contributed by atoms with van der Waals surface area (Å²) < 4.78 is 7.93. The average Bonchev–Trinajstić information content (AvgIpc) is 3.14. The number of nitrogens with zero attached hydrogens (tertiary/aromatic N) is 5. The number of furan rings is 1. The number of aromatic nitrogens is 5. The summed E-state index contributed by atoms with van der Waals surface area (Å²) in [7, 11) is 0. The molecule has 6 nitrogen and oxygen atoms in total. The molecule has 0 aliphatic heterocycles. The van der Waals surface area contributed by atoms with Crippen LogP contribution >= 0.6 is 27.3 Å². The van der Waals surface area contributed by atoms with E-state index in [4.69, 9.17) is 4.42 Å². The molecule has 0 N–H and O–H groups in total. The summed E-state index contributed by atoms with van der Waals surface area (Å²) in [6.45, 7) is 0. The van der Waals surface area contributed by atoms with Crippen molar-refractivity contribution in [3.8, 4) is 22.2 Å². The number of hydrogen-bond acceptors (Lipinski definition) is 6. The molecule has 4 heterocycles. The first-order chi connectivity index (χ1) is 9.81. The fraction of sp³-hybridized carbons (Fsp3) is 0. The van der Waals surface area contributed by atoms with E-state index < -0.39 is 0 Å². The van der Waals surface area contributed by atoms with Crippen molar-refractivity contribution < 1.29 is 4.42 Å². The molecule has 0 amide bonds. The zero-order valence-corrected chi connectivity index (χ0v) is 12.3. The molecule has 0 aromatic carbocycles. The van der Waals surface area contributed by atoms with Crippen LogP contribution < -0.4 is 0 Å². The fourth-order valence-corrected chi connectivity index (χ4v) is 3.01. The van der Waals surface area contributed by atoms with Crippen LogP contribution in [0.1, 0.15) is 0 Å². The van der Waals surface area contributed by atoms with E-state index in [1.165, 1.54) is 11.3 Å². The highest BCUT2D eigenvalue weighted by Crippen LogP contribution is 2.28. The molecule has 0 fully saturated rings. The van der Waals surface area contributed by atoms with E-state index in [-0.39, 0.29) is 0 Å². The second-order valence-electron chi connectivity index (χ2n) is 3.99. The van der Waals surface area contributed by atoms with Gasteiger partial charge in [0, 0.05) is 22.4 Å². The SMILES string of the molecule is Brc1cncc(-c2nn3c(-c4ccco4)nnc3s2)c1. The Labute approximate surface area is 125 Å². The summed E-state index contributed by atoms with van der Waals surface area (Å²) in [6, 6.07) is 5.60. The number of halogens is 1. The Morgan fingerprint density at radius 1 is 1.25 bits per heavy atom. The molecule has 4 aromatic rings. The third-order valence-electron chi connectivity index (χ3n) is 2.68. The second kappa shape index (κ2) is 4.50. The van der Waals surface area contributed by atoms with Crippen LogP contribution in [0.4, 0.5) is 0 Å². The highest BCUT2D eigenvalue weighted by Gasteiger charge is 2.16. The molecule has 0 aliphatic carbocycles. The Balaban J connectivity index is 1.88. The Hall–Kier alpha value is -2.06. The van der Waals surface area contributed by atoms with Gasteiger partial charge in [0.05, 0.1) is 6.26 Å². The van der Waals surface area contributed by atoms with Gasteiger partial charge >= 0.3 is 0 Å². The van der Waals surface area contributed by atoms with Gasteiger partial charge in [-0.15, -0.1) is 10.2 Å². The summed E-state index contributed by atoms with van der Waals surface area (Å²) >= 11 is 4.86. The van der Waals surface area contributed by atoms with E-state index in [0.29, 0.717) is 16.5 Å². The molecule has 98 valence electrons. The smallest absolute Gasteiger partial charge is 0.235 e. The van der Waals surface area contributed by atoms with E-state index in [1.54, 1.807) is 23.2 Å². The van der Waals surface area contributed by atoms with Gasteiger partial charge in [-0.1, -0.05) is 11.3 Å². The monoisotopic (exact) mass is 347 g/mol. The van der Waals surface area contributed by atoms with Crippen LogP contribution in [-0.2, 0) is 0 Å². The number of pyridine rings is 1. The molecule has 0 aliphatic rings. The van der Waals surface area contributed by atoms with Crippen LogP contribution in [0.2, 0.25) is 0 Å². The van der Waals surface area contributed by atoms with Gasteiger partial charge < -0.3 is 4.42 Å².